The van der Waals surface area contributed by atoms with Crippen LogP contribution in [0.1, 0.15) is 12.8 Å². The number of hydrogen-bond donors (Lipinski definition) is 0. The van der Waals surface area contributed by atoms with E-state index in [1.807, 2.05) is 4.90 Å². The van der Waals surface area contributed by atoms with Crippen LogP contribution in [0.5, 0.6) is 0 Å². The minimum Gasteiger partial charge on any atom is -0.341 e. The van der Waals surface area contributed by atoms with Crippen LogP contribution in [0.3, 0.4) is 0 Å². The van der Waals surface area contributed by atoms with Gasteiger partial charge in [0.25, 0.3) is 5.56 Å². The number of anilines is 1. The van der Waals surface area contributed by atoms with Crippen molar-refractivity contribution in [3.05, 3.63) is 33.0 Å². The zero-order valence-electron chi connectivity index (χ0n) is 12.9. The quantitative estimate of drug-likeness (QED) is 0.645. The number of halogens is 4. The van der Waals surface area contributed by atoms with Gasteiger partial charge >= 0.3 is 6.18 Å². The Bertz CT molecular complexity index is 1020. The van der Waals surface area contributed by atoms with E-state index in [4.69, 9.17) is 0 Å². The van der Waals surface area contributed by atoms with Gasteiger partial charge in [-0.05, 0) is 31.0 Å². The topological polar surface area (TPSA) is 55.4 Å². The minimum absolute atomic E-state index is 0.0981. The van der Waals surface area contributed by atoms with Gasteiger partial charge in [0.05, 0.1) is 10.9 Å². The third-order valence-electron chi connectivity index (χ3n) is 4.27. The Morgan fingerprint density at radius 1 is 1.16 bits per heavy atom. The monoisotopic (exact) mass is 415 g/mol. The fourth-order valence-electron chi connectivity index (χ4n) is 3.21. The van der Waals surface area contributed by atoms with Gasteiger partial charge in [0.2, 0.25) is 11.7 Å². The summed E-state index contributed by atoms with van der Waals surface area (Å²) in [6, 6.07) is 4.95. The molecular weight excluding hydrogens is 403 g/mol. The first kappa shape index (κ1) is 16.4. The molecule has 0 unspecified atom stereocenters. The highest BCUT2D eigenvalue weighted by Gasteiger charge is 2.31. The summed E-state index contributed by atoms with van der Waals surface area (Å²) in [4.78, 5) is 14.6. The van der Waals surface area contributed by atoms with Crippen LogP contribution in [0.25, 0.3) is 16.7 Å². The molecule has 0 N–H and O–H groups in total. The van der Waals surface area contributed by atoms with Gasteiger partial charge in [-0.1, -0.05) is 15.9 Å². The second-order valence-corrected chi connectivity index (χ2v) is 6.91. The SMILES string of the molecule is O=c1c2cc(Br)ccc2n2c(N3CCCC3)nnc2n1CC(F)(F)F. The molecule has 132 valence electrons. The third-order valence-corrected chi connectivity index (χ3v) is 4.76. The molecule has 0 bridgehead atoms. The molecule has 0 spiro atoms. The van der Waals surface area contributed by atoms with E-state index in [1.54, 1.807) is 16.5 Å². The fourth-order valence-corrected chi connectivity index (χ4v) is 3.57. The molecule has 0 radical (unpaired) electrons. The van der Waals surface area contributed by atoms with Crippen LogP contribution in [0.15, 0.2) is 27.5 Å². The van der Waals surface area contributed by atoms with E-state index in [-0.39, 0.29) is 11.2 Å². The standard InChI is InChI=1S/C15H13BrF3N5O/c16-9-3-4-11-10(7-9)12(25)23(8-15(17,18)19)14-21-20-13(24(11)14)22-5-1-2-6-22/h3-4,7H,1-2,5-6,8H2. The molecule has 1 aliphatic rings. The molecule has 10 heteroatoms. The van der Waals surface area contributed by atoms with Gasteiger partial charge in [0, 0.05) is 17.6 Å². The van der Waals surface area contributed by atoms with Crippen molar-refractivity contribution in [2.75, 3.05) is 18.0 Å². The summed E-state index contributed by atoms with van der Waals surface area (Å²) in [5, 5.41) is 8.17. The number of nitrogens with zero attached hydrogens (tertiary/aromatic N) is 5. The third kappa shape index (κ3) is 2.78. The maximum Gasteiger partial charge on any atom is 0.406 e. The maximum absolute atomic E-state index is 13.0. The van der Waals surface area contributed by atoms with Crippen LogP contribution in [0.2, 0.25) is 0 Å². The van der Waals surface area contributed by atoms with E-state index in [0.717, 1.165) is 25.9 Å². The summed E-state index contributed by atoms with van der Waals surface area (Å²) >= 11 is 3.27. The normalized spacial score (nSPS) is 15.6. The maximum atomic E-state index is 13.0. The highest BCUT2D eigenvalue weighted by Crippen LogP contribution is 2.26. The van der Waals surface area contributed by atoms with E-state index in [0.29, 0.717) is 20.5 Å². The van der Waals surface area contributed by atoms with Crippen molar-refractivity contribution in [3.63, 3.8) is 0 Å². The zero-order valence-corrected chi connectivity index (χ0v) is 14.5. The predicted molar refractivity (Wildman–Crippen MR) is 90.0 cm³/mol. The molecule has 1 aliphatic heterocycles. The highest BCUT2D eigenvalue weighted by molar-refractivity contribution is 9.10. The lowest BCUT2D eigenvalue weighted by Crippen LogP contribution is -2.30. The van der Waals surface area contributed by atoms with Crippen LogP contribution in [-0.4, -0.2) is 38.4 Å². The first-order valence-corrected chi connectivity index (χ1v) is 8.53. The van der Waals surface area contributed by atoms with Crippen molar-refractivity contribution in [3.8, 4) is 0 Å². The molecular formula is C15H13BrF3N5O. The number of aromatic nitrogens is 4. The van der Waals surface area contributed by atoms with Crippen LogP contribution >= 0.6 is 15.9 Å². The number of alkyl halides is 3. The largest absolute Gasteiger partial charge is 0.406 e. The number of fused-ring (bicyclic) bond motifs is 3. The molecule has 3 aromatic rings. The first-order valence-electron chi connectivity index (χ1n) is 7.74. The number of hydrogen-bond acceptors (Lipinski definition) is 4. The molecule has 25 heavy (non-hydrogen) atoms. The summed E-state index contributed by atoms with van der Waals surface area (Å²) in [5.41, 5.74) is -0.241. The molecule has 2 aromatic heterocycles. The Balaban J connectivity index is 2.09. The lowest BCUT2D eigenvalue weighted by Gasteiger charge is -2.17. The smallest absolute Gasteiger partial charge is 0.341 e. The molecule has 6 nitrogen and oxygen atoms in total. The Morgan fingerprint density at radius 2 is 1.88 bits per heavy atom. The van der Waals surface area contributed by atoms with Crippen molar-refractivity contribution >= 4 is 38.6 Å². The molecule has 0 amide bonds. The molecule has 1 fully saturated rings. The molecule has 1 saturated heterocycles. The van der Waals surface area contributed by atoms with E-state index in [2.05, 4.69) is 26.1 Å². The number of rotatable bonds is 2. The van der Waals surface area contributed by atoms with Gasteiger partial charge in [0.15, 0.2) is 0 Å². The molecule has 4 rings (SSSR count). The van der Waals surface area contributed by atoms with Gasteiger partial charge in [-0.3, -0.25) is 9.36 Å². The van der Waals surface area contributed by atoms with Crippen molar-refractivity contribution in [1.82, 2.24) is 19.2 Å². The van der Waals surface area contributed by atoms with E-state index in [1.165, 1.54) is 6.07 Å². The van der Waals surface area contributed by atoms with Crippen molar-refractivity contribution in [2.24, 2.45) is 0 Å². The average Bonchev–Trinajstić information content (AvgIpc) is 3.19. The van der Waals surface area contributed by atoms with Crippen molar-refractivity contribution in [1.29, 1.82) is 0 Å². The summed E-state index contributed by atoms with van der Waals surface area (Å²) in [6.07, 6.45) is -2.56. The van der Waals surface area contributed by atoms with Crippen LogP contribution < -0.4 is 10.5 Å². The molecule has 0 saturated carbocycles. The van der Waals surface area contributed by atoms with Crippen LogP contribution in [0.4, 0.5) is 19.1 Å². The van der Waals surface area contributed by atoms with Gasteiger partial charge in [-0.2, -0.15) is 13.2 Å². The molecule has 0 aliphatic carbocycles. The van der Waals surface area contributed by atoms with E-state index < -0.39 is 18.3 Å². The Kier molecular flexibility index (Phi) is 3.75. The summed E-state index contributed by atoms with van der Waals surface area (Å²) < 4.78 is 41.8. The Hall–Kier alpha value is -2.10. The second-order valence-electron chi connectivity index (χ2n) is 6.00. The van der Waals surface area contributed by atoms with Crippen molar-refractivity contribution in [2.45, 2.75) is 25.6 Å². The van der Waals surface area contributed by atoms with Gasteiger partial charge in [-0.15, -0.1) is 10.2 Å². The lowest BCUT2D eigenvalue weighted by molar-refractivity contribution is -0.140. The lowest BCUT2D eigenvalue weighted by atomic mass is 10.2. The van der Waals surface area contributed by atoms with E-state index >= 15 is 0 Å². The highest BCUT2D eigenvalue weighted by atomic mass is 79.9. The first-order chi connectivity index (χ1) is 11.8. The van der Waals surface area contributed by atoms with Gasteiger partial charge in [0.1, 0.15) is 6.54 Å². The summed E-state index contributed by atoms with van der Waals surface area (Å²) in [7, 11) is 0. The fraction of sp³-hybridized carbons (Fsp3) is 0.400. The second kappa shape index (κ2) is 5.72. The minimum atomic E-state index is -4.54. The van der Waals surface area contributed by atoms with Gasteiger partial charge < -0.3 is 4.90 Å². The van der Waals surface area contributed by atoms with Crippen LogP contribution in [0, 0.1) is 0 Å². The molecule has 0 atom stereocenters. The Morgan fingerprint density at radius 3 is 2.56 bits per heavy atom. The summed E-state index contributed by atoms with van der Waals surface area (Å²) in [6.45, 7) is 0.115. The van der Waals surface area contributed by atoms with Crippen LogP contribution in [-0.2, 0) is 6.54 Å². The van der Waals surface area contributed by atoms with Gasteiger partial charge in [-0.25, -0.2) is 4.40 Å². The summed E-state index contributed by atoms with van der Waals surface area (Å²) in [5.74, 6) is 0.370. The zero-order chi connectivity index (χ0) is 17.8. The molecule has 1 aromatic carbocycles. The number of benzene rings is 1. The Labute approximate surface area is 148 Å². The molecule has 3 heterocycles. The van der Waals surface area contributed by atoms with E-state index in [9.17, 15) is 18.0 Å². The average molecular weight is 416 g/mol. The van der Waals surface area contributed by atoms with Crippen molar-refractivity contribution < 1.29 is 13.2 Å². The predicted octanol–water partition coefficient (Wildman–Crippen LogP) is 2.97.